The largest absolute Gasteiger partial charge is 0.491 e. The van der Waals surface area contributed by atoms with Crippen molar-refractivity contribution in [1.82, 2.24) is 0 Å². The highest BCUT2D eigenvalue weighted by molar-refractivity contribution is 6.30. The Bertz CT molecular complexity index is 1000. The van der Waals surface area contributed by atoms with Gasteiger partial charge < -0.3 is 19.5 Å². The van der Waals surface area contributed by atoms with Crippen LogP contribution in [0.25, 0.3) is 0 Å². The second-order valence-corrected chi connectivity index (χ2v) is 11.3. The van der Waals surface area contributed by atoms with Gasteiger partial charge in [0.25, 0.3) is 0 Å². The Morgan fingerprint density at radius 2 is 2.00 bits per heavy atom. The van der Waals surface area contributed by atoms with E-state index in [9.17, 15) is 5.11 Å². The normalized spacial score (nSPS) is 27.4. The van der Waals surface area contributed by atoms with Crippen molar-refractivity contribution in [2.24, 2.45) is 11.8 Å². The van der Waals surface area contributed by atoms with Gasteiger partial charge in [-0.2, -0.15) is 0 Å². The number of anilines is 1. The van der Waals surface area contributed by atoms with E-state index in [0.29, 0.717) is 24.5 Å². The first-order valence-electron chi connectivity index (χ1n) is 13.6. The number of hydrogen-bond acceptors (Lipinski definition) is 4. The fraction of sp³-hybridized carbons (Fsp3) is 0.600. The highest BCUT2D eigenvalue weighted by atomic mass is 35.5. The molecule has 0 bridgehead atoms. The van der Waals surface area contributed by atoms with Crippen LogP contribution in [-0.4, -0.2) is 37.5 Å². The number of hydrogen-bond donors (Lipinski definition) is 1. The van der Waals surface area contributed by atoms with Crippen molar-refractivity contribution < 1.29 is 14.6 Å². The van der Waals surface area contributed by atoms with E-state index in [4.69, 9.17) is 21.1 Å². The van der Waals surface area contributed by atoms with Gasteiger partial charge in [0.05, 0.1) is 24.5 Å². The SMILES string of the molecule is CCCc1cc(Cl)ccc1C1COc2ccc(C(C)O)cc2N(CC2CCC2C2CCCCO2)C1. The average molecular weight is 498 g/mol. The Balaban J connectivity index is 1.44. The van der Waals surface area contributed by atoms with E-state index in [-0.39, 0.29) is 5.92 Å². The van der Waals surface area contributed by atoms with Gasteiger partial charge in [-0.1, -0.05) is 37.1 Å². The van der Waals surface area contributed by atoms with Crippen LogP contribution in [0.2, 0.25) is 5.02 Å². The van der Waals surface area contributed by atoms with Crippen LogP contribution in [0, 0.1) is 11.8 Å². The zero-order valence-corrected chi connectivity index (χ0v) is 22.0. The number of aliphatic hydroxyl groups excluding tert-OH is 1. The Labute approximate surface area is 215 Å². The summed E-state index contributed by atoms with van der Waals surface area (Å²) in [4.78, 5) is 2.54. The third kappa shape index (κ3) is 5.50. The molecule has 1 saturated heterocycles. The Morgan fingerprint density at radius 3 is 2.71 bits per heavy atom. The van der Waals surface area contributed by atoms with Gasteiger partial charge in [0.15, 0.2) is 0 Å². The number of rotatable bonds is 7. The summed E-state index contributed by atoms with van der Waals surface area (Å²) in [6.07, 6.45) is 8.30. The predicted octanol–water partition coefficient (Wildman–Crippen LogP) is 6.92. The zero-order chi connectivity index (χ0) is 24.4. The molecule has 5 unspecified atom stereocenters. The van der Waals surface area contributed by atoms with Crippen LogP contribution in [0.5, 0.6) is 5.75 Å². The van der Waals surface area contributed by atoms with E-state index in [0.717, 1.165) is 54.6 Å². The number of ether oxygens (including phenoxy) is 2. The van der Waals surface area contributed by atoms with Crippen molar-refractivity contribution in [3.8, 4) is 5.75 Å². The molecule has 1 N–H and O–H groups in total. The van der Waals surface area contributed by atoms with Crippen molar-refractivity contribution in [3.05, 3.63) is 58.1 Å². The molecule has 0 amide bonds. The van der Waals surface area contributed by atoms with Crippen LogP contribution in [0.3, 0.4) is 0 Å². The molecule has 5 atom stereocenters. The fourth-order valence-electron chi connectivity index (χ4n) is 6.29. The van der Waals surface area contributed by atoms with Crippen molar-refractivity contribution in [2.75, 3.05) is 31.2 Å². The van der Waals surface area contributed by atoms with Gasteiger partial charge in [0.2, 0.25) is 0 Å². The van der Waals surface area contributed by atoms with E-state index in [1.807, 2.05) is 25.1 Å². The van der Waals surface area contributed by atoms with Crippen LogP contribution in [0.1, 0.15) is 81.1 Å². The molecular formula is C30H40ClNO3. The van der Waals surface area contributed by atoms with E-state index in [1.165, 1.54) is 43.2 Å². The highest BCUT2D eigenvalue weighted by Gasteiger charge is 2.40. The summed E-state index contributed by atoms with van der Waals surface area (Å²) in [5.41, 5.74) is 4.74. The lowest BCUT2D eigenvalue weighted by Gasteiger charge is -2.45. The van der Waals surface area contributed by atoms with Gasteiger partial charge in [-0.25, -0.2) is 0 Å². The lowest BCUT2D eigenvalue weighted by atomic mass is 9.69. The molecule has 2 fully saturated rings. The minimum Gasteiger partial charge on any atom is -0.491 e. The first-order chi connectivity index (χ1) is 17.0. The Hall–Kier alpha value is -1.75. The Morgan fingerprint density at radius 1 is 1.11 bits per heavy atom. The smallest absolute Gasteiger partial charge is 0.142 e. The second kappa shape index (κ2) is 11.1. The van der Waals surface area contributed by atoms with Crippen molar-refractivity contribution in [3.63, 3.8) is 0 Å². The lowest BCUT2D eigenvalue weighted by Crippen LogP contribution is -2.45. The third-order valence-electron chi connectivity index (χ3n) is 8.37. The standard InChI is InChI=1S/C30H40ClNO3/c1-3-6-22-15-25(31)10-12-26(22)24-18-32(17-23-8-11-27(23)29-7-4-5-14-34-29)28-16-21(20(2)33)9-13-30(28)35-19-24/h9-10,12-13,15-16,20,23-24,27,29,33H,3-8,11,14,17-19H2,1-2H3. The molecule has 2 aliphatic heterocycles. The topological polar surface area (TPSA) is 41.9 Å². The fourth-order valence-corrected chi connectivity index (χ4v) is 6.48. The van der Waals surface area contributed by atoms with Crippen molar-refractivity contribution in [1.29, 1.82) is 0 Å². The van der Waals surface area contributed by atoms with Crippen LogP contribution < -0.4 is 9.64 Å². The summed E-state index contributed by atoms with van der Waals surface area (Å²) in [6, 6.07) is 12.5. The number of nitrogens with zero attached hydrogens (tertiary/aromatic N) is 1. The maximum atomic E-state index is 10.3. The van der Waals surface area contributed by atoms with Crippen LogP contribution in [-0.2, 0) is 11.2 Å². The zero-order valence-electron chi connectivity index (χ0n) is 21.2. The molecule has 1 aliphatic carbocycles. The molecule has 5 heteroatoms. The lowest BCUT2D eigenvalue weighted by molar-refractivity contribution is -0.0663. The number of aryl methyl sites for hydroxylation is 1. The summed E-state index contributed by atoms with van der Waals surface area (Å²) in [6.45, 7) is 7.54. The van der Waals surface area contributed by atoms with E-state index in [1.54, 1.807) is 0 Å². The maximum absolute atomic E-state index is 10.3. The van der Waals surface area contributed by atoms with Gasteiger partial charge in [0.1, 0.15) is 5.75 Å². The average Bonchev–Trinajstić information content (AvgIpc) is 3.02. The molecule has 1 saturated carbocycles. The first-order valence-corrected chi connectivity index (χ1v) is 14.0. The number of halogens is 1. The van der Waals surface area contributed by atoms with Crippen LogP contribution in [0.15, 0.2) is 36.4 Å². The van der Waals surface area contributed by atoms with Crippen molar-refractivity contribution >= 4 is 17.3 Å². The monoisotopic (exact) mass is 497 g/mol. The second-order valence-electron chi connectivity index (χ2n) is 10.8. The third-order valence-corrected chi connectivity index (χ3v) is 8.61. The Kier molecular flexibility index (Phi) is 7.91. The molecule has 4 nitrogen and oxygen atoms in total. The first kappa shape index (κ1) is 24.9. The van der Waals surface area contributed by atoms with Crippen molar-refractivity contribution in [2.45, 2.75) is 76.9 Å². The molecular weight excluding hydrogens is 458 g/mol. The van der Waals surface area contributed by atoms with Gasteiger partial charge >= 0.3 is 0 Å². The molecule has 2 aromatic rings. The molecule has 0 radical (unpaired) electrons. The number of fused-ring (bicyclic) bond motifs is 1. The van der Waals surface area contributed by atoms with Gasteiger partial charge in [-0.05, 0) is 98.2 Å². The highest BCUT2D eigenvalue weighted by Crippen LogP contribution is 2.44. The van der Waals surface area contributed by atoms with Gasteiger partial charge in [-0.15, -0.1) is 0 Å². The number of aliphatic hydroxyl groups is 1. The molecule has 3 aliphatic rings. The quantitative estimate of drug-likeness (QED) is 0.450. The molecule has 2 heterocycles. The van der Waals surface area contributed by atoms with Gasteiger partial charge in [0, 0.05) is 30.6 Å². The molecule has 2 aromatic carbocycles. The molecule has 0 aromatic heterocycles. The molecule has 190 valence electrons. The van der Waals surface area contributed by atoms with Crippen LogP contribution in [0.4, 0.5) is 5.69 Å². The molecule has 0 spiro atoms. The van der Waals surface area contributed by atoms with E-state index < -0.39 is 6.10 Å². The van der Waals surface area contributed by atoms with Crippen LogP contribution >= 0.6 is 11.6 Å². The predicted molar refractivity (Wildman–Crippen MR) is 143 cm³/mol. The van der Waals surface area contributed by atoms with E-state index in [2.05, 4.69) is 30.0 Å². The number of benzene rings is 2. The summed E-state index contributed by atoms with van der Waals surface area (Å²) in [7, 11) is 0. The summed E-state index contributed by atoms with van der Waals surface area (Å²) < 4.78 is 12.6. The molecule has 35 heavy (non-hydrogen) atoms. The summed E-state index contributed by atoms with van der Waals surface area (Å²) in [5.74, 6) is 2.49. The molecule has 5 rings (SSSR count). The summed E-state index contributed by atoms with van der Waals surface area (Å²) in [5, 5.41) is 11.1. The maximum Gasteiger partial charge on any atom is 0.142 e. The minimum atomic E-state index is -0.499. The van der Waals surface area contributed by atoms with E-state index >= 15 is 0 Å². The summed E-state index contributed by atoms with van der Waals surface area (Å²) >= 11 is 6.38. The minimum absolute atomic E-state index is 0.265. The van der Waals surface area contributed by atoms with Gasteiger partial charge in [-0.3, -0.25) is 0 Å².